The van der Waals surface area contributed by atoms with E-state index in [0.717, 1.165) is 35.7 Å². The fourth-order valence-corrected chi connectivity index (χ4v) is 2.86. The summed E-state index contributed by atoms with van der Waals surface area (Å²) >= 11 is 0. The largest absolute Gasteiger partial charge is 0.497 e. The first-order chi connectivity index (χ1) is 10.2. The summed E-state index contributed by atoms with van der Waals surface area (Å²) in [5.74, 6) is 1.68. The van der Waals surface area contributed by atoms with Crippen molar-refractivity contribution in [2.45, 2.75) is 12.5 Å². The van der Waals surface area contributed by atoms with E-state index >= 15 is 0 Å². The highest BCUT2D eigenvalue weighted by molar-refractivity contribution is 5.56. The predicted octanol–water partition coefficient (Wildman–Crippen LogP) is 2.52. The zero-order valence-electron chi connectivity index (χ0n) is 12.3. The first kappa shape index (κ1) is 13.8. The van der Waals surface area contributed by atoms with Crippen molar-refractivity contribution in [3.8, 4) is 11.5 Å². The van der Waals surface area contributed by atoms with Gasteiger partial charge in [-0.3, -0.25) is 0 Å². The molecule has 0 fully saturated rings. The summed E-state index contributed by atoms with van der Waals surface area (Å²) in [7, 11) is 3.35. The Morgan fingerprint density at radius 2 is 1.67 bits per heavy atom. The van der Waals surface area contributed by atoms with Gasteiger partial charge >= 0.3 is 0 Å². The van der Waals surface area contributed by atoms with Crippen LogP contribution < -0.4 is 20.5 Å². The quantitative estimate of drug-likeness (QED) is 0.850. The number of methoxy groups -OCH3 is 2. The average Bonchev–Trinajstić information content (AvgIpc) is 2.54. The maximum Gasteiger partial charge on any atom is 0.119 e. The van der Waals surface area contributed by atoms with Gasteiger partial charge in [-0.05, 0) is 47.9 Å². The van der Waals surface area contributed by atoms with Crippen molar-refractivity contribution in [2.24, 2.45) is 0 Å². The van der Waals surface area contributed by atoms with Gasteiger partial charge in [-0.25, -0.2) is 0 Å². The Balaban J connectivity index is 2.09. The molecule has 4 heteroatoms. The molecule has 0 bridgehead atoms. The zero-order chi connectivity index (χ0) is 14.8. The van der Waals surface area contributed by atoms with E-state index in [1.54, 1.807) is 14.2 Å². The van der Waals surface area contributed by atoms with E-state index in [-0.39, 0.29) is 6.04 Å². The number of hydrogen-bond donors (Lipinski definition) is 2. The van der Waals surface area contributed by atoms with Crippen LogP contribution in [0.25, 0.3) is 0 Å². The number of benzene rings is 2. The molecule has 0 amide bonds. The lowest BCUT2D eigenvalue weighted by atomic mass is 9.89. The molecule has 0 saturated heterocycles. The summed E-state index contributed by atoms with van der Waals surface area (Å²) in [6.07, 6.45) is 1.01. The zero-order valence-corrected chi connectivity index (χ0v) is 12.3. The summed E-state index contributed by atoms with van der Waals surface area (Å²) < 4.78 is 10.7. The molecule has 3 N–H and O–H groups in total. The van der Waals surface area contributed by atoms with Crippen LogP contribution in [-0.2, 0) is 6.42 Å². The Bertz CT molecular complexity index is 655. The van der Waals surface area contributed by atoms with Crippen LogP contribution in [0.2, 0.25) is 0 Å². The third-order valence-electron chi connectivity index (χ3n) is 4.01. The van der Waals surface area contributed by atoms with Gasteiger partial charge < -0.3 is 20.5 Å². The molecule has 1 atom stereocenters. The van der Waals surface area contributed by atoms with E-state index in [4.69, 9.17) is 15.2 Å². The lowest BCUT2D eigenvalue weighted by Gasteiger charge is -2.29. The summed E-state index contributed by atoms with van der Waals surface area (Å²) in [4.78, 5) is 0. The molecular weight excluding hydrogens is 264 g/mol. The Labute approximate surface area is 124 Å². The highest BCUT2D eigenvalue weighted by Crippen LogP contribution is 2.35. The van der Waals surface area contributed by atoms with Crippen molar-refractivity contribution < 1.29 is 9.47 Å². The SMILES string of the molecule is COc1ccc(N)c(C2NCCc3ccc(OC)cc32)c1. The molecule has 0 saturated carbocycles. The molecule has 21 heavy (non-hydrogen) atoms. The Kier molecular flexibility index (Phi) is 3.71. The van der Waals surface area contributed by atoms with Gasteiger partial charge in [-0.15, -0.1) is 0 Å². The minimum absolute atomic E-state index is 0.0685. The number of hydrogen-bond acceptors (Lipinski definition) is 4. The molecule has 2 aromatic rings. The summed E-state index contributed by atoms with van der Waals surface area (Å²) in [6.45, 7) is 0.931. The monoisotopic (exact) mass is 284 g/mol. The second-order valence-corrected chi connectivity index (χ2v) is 5.20. The van der Waals surface area contributed by atoms with Crippen LogP contribution in [-0.4, -0.2) is 20.8 Å². The third kappa shape index (κ3) is 2.54. The highest BCUT2D eigenvalue weighted by atomic mass is 16.5. The fraction of sp³-hybridized carbons (Fsp3) is 0.294. The van der Waals surface area contributed by atoms with E-state index in [1.165, 1.54) is 11.1 Å². The van der Waals surface area contributed by atoms with Gasteiger partial charge in [0.15, 0.2) is 0 Å². The number of fused-ring (bicyclic) bond motifs is 1. The standard InChI is InChI=1S/C17H20N2O2/c1-20-12-4-3-11-7-8-19-17(14(11)9-12)15-10-13(21-2)5-6-16(15)18/h3-6,9-10,17,19H,7-8,18H2,1-2H3. The number of rotatable bonds is 3. The lowest BCUT2D eigenvalue weighted by Crippen LogP contribution is -2.31. The smallest absolute Gasteiger partial charge is 0.119 e. The maximum atomic E-state index is 6.18. The minimum atomic E-state index is 0.0685. The Morgan fingerprint density at radius 3 is 2.38 bits per heavy atom. The second kappa shape index (κ2) is 5.66. The van der Waals surface area contributed by atoms with Gasteiger partial charge in [-0.2, -0.15) is 0 Å². The molecule has 3 rings (SSSR count). The van der Waals surface area contributed by atoms with E-state index in [0.29, 0.717) is 0 Å². The van der Waals surface area contributed by atoms with E-state index in [9.17, 15) is 0 Å². The van der Waals surface area contributed by atoms with Crippen molar-refractivity contribution in [2.75, 3.05) is 26.5 Å². The van der Waals surface area contributed by atoms with Crippen molar-refractivity contribution in [1.29, 1.82) is 0 Å². The van der Waals surface area contributed by atoms with Gasteiger partial charge in [-0.1, -0.05) is 6.07 Å². The number of nitrogens with one attached hydrogen (secondary N) is 1. The van der Waals surface area contributed by atoms with Crippen LogP contribution in [0.1, 0.15) is 22.7 Å². The molecular formula is C17H20N2O2. The van der Waals surface area contributed by atoms with Crippen molar-refractivity contribution in [1.82, 2.24) is 5.32 Å². The Hall–Kier alpha value is -2.20. The van der Waals surface area contributed by atoms with Crippen LogP contribution in [0.4, 0.5) is 5.69 Å². The normalized spacial score (nSPS) is 17.1. The molecule has 1 heterocycles. The summed E-state index contributed by atoms with van der Waals surface area (Å²) in [5, 5.41) is 3.54. The number of nitrogens with two attached hydrogens (primary N) is 1. The van der Waals surface area contributed by atoms with Crippen molar-refractivity contribution >= 4 is 5.69 Å². The molecule has 110 valence electrons. The molecule has 1 unspecified atom stereocenters. The summed E-state index contributed by atoms with van der Waals surface area (Å²) in [6, 6.07) is 12.1. The third-order valence-corrected chi connectivity index (χ3v) is 4.01. The molecule has 0 radical (unpaired) electrons. The molecule has 1 aliphatic rings. The molecule has 0 aliphatic carbocycles. The molecule has 1 aliphatic heterocycles. The number of nitrogen functional groups attached to an aromatic ring is 1. The van der Waals surface area contributed by atoms with Crippen LogP contribution in [0.5, 0.6) is 11.5 Å². The lowest BCUT2D eigenvalue weighted by molar-refractivity contribution is 0.411. The van der Waals surface area contributed by atoms with E-state index < -0.39 is 0 Å². The predicted molar refractivity (Wildman–Crippen MR) is 84.0 cm³/mol. The van der Waals surface area contributed by atoms with Crippen molar-refractivity contribution in [3.05, 3.63) is 53.1 Å². The molecule has 2 aromatic carbocycles. The highest BCUT2D eigenvalue weighted by Gasteiger charge is 2.24. The van der Waals surface area contributed by atoms with Gasteiger partial charge in [0.25, 0.3) is 0 Å². The first-order valence-corrected chi connectivity index (χ1v) is 7.06. The number of anilines is 1. The van der Waals surface area contributed by atoms with Crippen LogP contribution in [0.3, 0.4) is 0 Å². The molecule has 0 spiro atoms. The Morgan fingerprint density at radius 1 is 1.00 bits per heavy atom. The van der Waals surface area contributed by atoms with Crippen LogP contribution in [0, 0.1) is 0 Å². The second-order valence-electron chi connectivity index (χ2n) is 5.20. The van der Waals surface area contributed by atoms with Gasteiger partial charge in [0.2, 0.25) is 0 Å². The minimum Gasteiger partial charge on any atom is -0.497 e. The van der Waals surface area contributed by atoms with Crippen molar-refractivity contribution in [3.63, 3.8) is 0 Å². The van der Waals surface area contributed by atoms with Gasteiger partial charge in [0.1, 0.15) is 11.5 Å². The fourth-order valence-electron chi connectivity index (χ4n) is 2.86. The molecule has 0 aromatic heterocycles. The maximum absolute atomic E-state index is 6.18. The molecule has 4 nitrogen and oxygen atoms in total. The van der Waals surface area contributed by atoms with E-state index in [1.807, 2.05) is 24.3 Å². The average molecular weight is 284 g/mol. The first-order valence-electron chi connectivity index (χ1n) is 7.06. The summed E-state index contributed by atoms with van der Waals surface area (Å²) in [5.41, 5.74) is 10.5. The number of ether oxygens (including phenoxy) is 2. The van der Waals surface area contributed by atoms with E-state index in [2.05, 4.69) is 17.4 Å². The van der Waals surface area contributed by atoms with Crippen LogP contribution >= 0.6 is 0 Å². The van der Waals surface area contributed by atoms with Crippen LogP contribution in [0.15, 0.2) is 36.4 Å². The van der Waals surface area contributed by atoms with Gasteiger partial charge in [0, 0.05) is 17.8 Å². The van der Waals surface area contributed by atoms with Gasteiger partial charge in [0.05, 0.1) is 20.3 Å². The topological polar surface area (TPSA) is 56.5 Å².